The van der Waals surface area contributed by atoms with Crippen molar-refractivity contribution >= 4 is 35.5 Å². The van der Waals surface area contributed by atoms with Crippen LogP contribution in [0.4, 0.5) is 0 Å². The van der Waals surface area contributed by atoms with Crippen molar-refractivity contribution in [2.45, 2.75) is 70.1 Å². The van der Waals surface area contributed by atoms with Gasteiger partial charge in [-0.15, -0.1) is 0 Å². The highest BCUT2D eigenvalue weighted by Gasteiger charge is 2.33. The highest BCUT2D eigenvalue weighted by atomic mass is 16.4. The van der Waals surface area contributed by atoms with E-state index in [1.165, 1.54) is 12.1 Å². The van der Waals surface area contributed by atoms with Gasteiger partial charge in [-0.05, 0) is 36.5 Å². The second-order valence-corrected chi connectivity index (χ2v) is 8.98. The summed E-state index contributed by atoms with van der Waals surface area (Å²) in [5, 5.41) is 25.8. The minimum atomic E-state index is -1.55. The molecule has 0 aromatic heterocycles. The first kappa shape index (κ1) is 31.8. The second-order valence-electron chi connectivity index (χ2n) is 8.98. The first-order chi connectivity index (χ1) is 17.7. The van der Waals surface area contributed by atoms with E-state index in [2.05, 4.69) is 16.0 Å². The number of benzene rings is 1. The lowest BCUT2D eigenvalue weighted by Gasteiger charge is -2.27. The summed E-state index contributed by atoms with van der Waals surface area (Å²) in [5.41, 5.74) is 16.9. The standard InChI is InChI=1S/C24H36N6O8/c1-3-12(2)20(30-21(34)15(25)10-13-4-6-14(31)7-5-13)23(36)29-17(11-19(27)33)22(35)28-16(24(37)38)8-9-18(26)32/h4-7,12,15-17,20,31H,3,8-11,25H2,1-2H3,(H2,26,32)(H2,27,33)(H,28,35)(H,29,36)(H,30,34)(H,37,38). The van der Waals surface area contributed by atoms with Gasteiger partial charge in [0.05, 0.1) is 12.5 Å². The van der Waals surface area contributed by atoms with Crippen molar-refractivity contribution in [3.8, 4) is 5.75 Å². The van der Waals surface area contributed by atoms with Gasteiger partial charge in [-0.3, -0.25) is 24.0 Å². The smallest absolute Gasteiger partial charge is 0.326 e. The van der Waals surface area contributed by atoms with Crippen molar-refractivity contribution < 1.29 is 39.0 Å². The Morgan fingerprint density at radius 2 is 1.45 bits per heavy atom. The number of phenols is 1. The van der Waals surface area contributed by atoms with Gasteiger partial charge in [-0.1, -0.05) is 32.4 Å². The first-order valence-electron chi connectivity index (χ1n) is 12.0. The molecule has 14 nitrogen and oxygen atoms in total. The molecule has 1 aromatic carbocycles. The van der Waals surface area contributed by atoms with Gasteiger partial charge in [-0.25, -0.2) is 4.79 Å². The number of amides is 5. The van der Waals surface area contributed by atoms with Crippen LogP contribution in [0.3, 0.4) is 0 Å². The molecule has 5 amide bonds. The number of hydrogen-bond donors (Lipinski definition) is 8. The van der Waals surface area contributed by atoms with Crippen molar-refractivity contribution in [1.29, 1.82) is 0 Å². The monoisotopic (exact) mass is 536 g/mol. The first-order valence-corrected chi connectivity index (χ1v) is 12.0. The van der Waals surface area contributed by atoms with Crippen molar-refractivity contribution in [3.05, 3.63) is 29.8 Å². The maximum absolute atomic E-state index is 13.1. The lowest BCUT2D eigenvalue weighted by molar-refractivity contribution is -0.142. The number of hydrogen-bond acceptors (Lipinski definition) is 8. The van der Waals surface area contributed by atoms with Gasteiger partial charge in [0.1, 0.15) is 23.9 Å². The second kappa shape index (κ2) is 15.1. The predicted molar refractivity (Wildman–Crippen MR) is 135 cm³/mol. The van der Waals surface area contributed by atoms with E-state index < -0.39 is 72.0 Å². The van der Waals surface area contributed by atoms with Gasteiger partial charge in [0, 0.05) is 6.42 Å². The largest absolute Gasteiger partial charge is 0.508 e. The normalized spacial score (nSPS) is 14.7. The summed E-state index contributed by atoms with van der Waals surface area (Å²) in [6.45, 7) is 3.46. The molecule has 5 atom stereocenters. The molecule has 0 fully saturated rings. The molecule has 0 saturated heterocycles. The van der Waals surface area contributed by atoms with Crippen LogP contribution in [0.25, 0.3) is 0 Å². The molecule has 0 aliphatic rings. The molecule has 0 spiro atoms. The molecule has 1 rings (SSSR count). The van der Waals surface area contributed by atoms with Crippen molar-refractivity contribution in [3.63, 3.8) is 0 Å². The van der Waals surface area contributed by atoms with Crippen molar-refractivity contribution in [2.75, 3.05) is 0 Å². The molecule has 0 saturated carbocycles. The number of phenolic OH excluding ortho intramolecular Hbond substituents is 1. The Hall–Kier alpha value is -4.20. The van der Waals surface area contributed by atoms with Crippen LogP contribution in [-0.2, 0) is 35.2 Å². The number of aromatic hydroxyl groups is 1. The van der Waals surface area contributed by atoms with Crippen LogP contribution in [0.2, 0.25) is 0 Å². The van der Waals surface area contributed by atoms with Crippen LogP contribution in [0.15, 0.2) is 24.3 Å². The molecule has 11 N–H and O–H groups in total. The average Bonchev–Trinajstić information content (AvgIpc) is 2.84. The van der Waals surface area contributed by atoms with Crippen LogP contribution in [0, 0.1) is 5.92 Å². The van der Waals surface area contributed by atoms with Gasteiger partial charge in [0.25, 0.3) is 0 Å². The van der Waals surface area contributed by atoms with E-state index in [1.807, 2.05) is 0 Å². The Morgan fingerprint density at radius 1 is 0.868 bits per heavy atom. The Morgan fingerprint density at radius 3 is 1.95 bits per heavy atom. The molecule has 0 heterocycles. The summed E-state index contributed by atoms with van der Waals surface area (Å²) >= 11 is 0. The maximum atomic E-state index is 13.1. The molecular formula is C24H36N6O8. The summed E-state index contributed by atoms with van der Waals surface area (Å²) < 4.78 is 0. The van der Waals surface area contributed by atoms with Crippen LogP contribution in [-0.4, -0.2) is 69.9 Å². The third-order valence-electron chi connectivity index (χ3n) is 5.85. The van der Waals surface area contributed by atoms with Gasteiger partial charge in [-0.2, -0.15) is 0 Å². The zero-order valence-corrected chi connectivity index (χ0v) is 21.3. The molecule has 0 radical (unpaired) electrons. The number of carbonyl (C=O) groups is 6. The number of primary amides is 2. The van der Waals surface area contributed by atoms with Crippen LogP contribution < -0.4 is 33.2 Å². The average molecular weight is 537 g/mol. The van der Waals surface area contributed by atoms with Gasteiger partial charge in [0.2, 0.25) is 29.5 Å². The molecule has 5 unspecified atom stereocenters. The number of carboxylic acid groups (broad SMARTS) is 1. The minimum absolute atomic E-state index is 0.0531. The number of aliphatic carboxylic acids is 1. The lowest BCUT2D eigenvalue weighted by atomic mass is 9.96. The summed E-state index contributed by atoms with van der Waals surface area (Å²) in [6, 6.07) is 0.848. The fraction of sp³-hybridized carbons (Fsp3) is 0.500. The summed E-state index contributed by atoms with van der Waals surface area (Å²) in [4.78, 5) is 72.7. The fourth-order valence-electron chi connectivity index (χ4n) is 3.43. The van der Waals surface area contributed by atoms with E-state index in [9.17, 15) is 39.0 Å². The molecule has 14 heteroatoms. The Bertz CT molecular complexity index is 1020. The Kier molecular flexibility index (Phi) is 12.7. The molecule has 0 aliphatic carbocycles. The molecule has 0 bridgehead atoms. The third kappa shape index (κ3) is 10.8. The molecule has 1 aromatic rings. The zero-order chi connectivity index (χ0) is 29.0. The van der Waals surface area contributed by atoms with Crippen LogP contribution >= 0.6 is 0 Å². The predicted octanol–water partition coefficient (Wildman–Crippen LogP) is -2.01. The summed E-state index contributed by atoms with van der Waals surface area (Å²) in [6.07, 6.45) is -0.710. The number of carboxylic acids is 1. The van der Waals surface area contributed by atoms with Crippen molar-refractivity contribution in [1.82, 2.24) is 16.0 Å². The number of carbonyl (C=O) groups excluding carboxylic acids is 5. The molecule has 0 aliphatic heterocycles. The molecular weight excluding hydrogens is 500 g/mol. The summed E-state index contributed by atoms with van der Waals surface area (Å²) in [5.74, 6) is -6.01. The topological polar surface area (TPSA) is 257 Å². The van der Waals surface area contributed by atoms with E-state index >= 15 is 0 Å². The molecule has 38 heavy (non-hydrogen) atoms. The van der Waals surface area contributed by atoms with Gasteiger partial charge >= 0.3 is 5.97 Å². The Labute approximate surface area is 219 Å². The SMILES string of the molecule is CCC(C)C(NC(=O)C(N)Cc1ccc(O)cc1)C(=O)NC(CC(N)=O)C(=O)NC(CCC(N)=O)C(=O)O. The Balaban J connectivity index is 3.00. The van der Waals surface area contributed by atoms with E-state index in [4.69, 9.17) is 17.2 Å². The minimum Gasteiger partial charge on any atom is -0.508 e. The van der Waals surface area contributed by atoms with Gasteiger partial charge in [0.15, 0.2) is 0 Å². The van der Waals surface area contributed by atoms with E-state index in [0.29, 0.717) is 12.0 Å². The van der Waals surface area contributed by atoms with Crippen LogP contribution in [0.5, 0.6) is 5.75 Å². The lowest BCUT2D eigenvalue weighted by Crippen LogP contribution is -2.59. The van der Waals surface area contributed by atoms with Gasteiger partial charge < -0.3 is 43.4 Å². The van der Waals surface area contributed by atoms with Crippen LogP contribution in [0.1, 0.15) is 45.1 Å². The maximum Gasteiger partial charge on any atom is 0.326 e. The molecule has 210 valence electrons. The van der Waals surface area contributed by atoms with E-state index in [0.717, 1.165) is 0 Å². The zero-order valence-electron chi connectivity index (χ0n) is 21.3. The van der Waals surface area contributed by atoms with E-state index in [1.54, 1.807) is 26.0 Å². The van der Waals surface area contributed by atoms with Crippen molar-refractivity contribution in [2.24, 2.45) is 23.1 Å². The quantitative estimate of drug-likeness (QED) is 0.116. The third-order valence-corrected chi connectivity index (χ3v) is 5.85. The van der Waals surface area contributed by atoms with E-state index in [-0.39, 0.29) is 25.0 Å². The number of rotatable bonds is 16. The number of nitrogens with two attached hydrogens (primary N) is 3. The highest BCUT2D eigenvalue weighted by molar-refractivity contribution is 5.96. The highest BCUT2D eigenvalue weighted by Crippen LogP contribution is 2.13. The fourth-order valence-corrected chi connectivity index (χ4v) is 3.43. The number of nitrogens with one attached hydrogen (secondary N) is 3. The summed E-state index contributed by atoms with van der Waals surface area (Å²) in [7, 11) is 0.